The third kappa shape index (κ3) is 3.54. The van der Waals surface area contributed by atoms with Gasteiger partial charge in [0.25, 0.3) is 0 Å². The van der Waals surface area contributed by atoms with Gasteiger partial charge in [-0.2, -0.15) is 0 Å². The molecular formula is C23H33N3O. The molecule has 4 nitrogen and oxygen atoms in total. The number of rotatable bonds is 3. The molecule has 4 aliphatic rings. The van der Waals surface area contributed by atoms with Crippen molar-refractivity contribution in [3.8, 4) is 0 Å². The van der Waals surface area contributed by atoms with Crippen molar-refractivity contribution in [2.75, 3.05) is 32.7 Å². The number of nitrogens with one attached hydrogen (secondary N) is 1. The van der Waals surface area contributed by atoms with Gasteiger partial charge >= 0.3 is 0 Å². The zero-order valence-electron chi connectivity index (χ0n) is 16.4. The van der Waals surface area contributed by atoms with Crippen LogP contribution in [0.4, 0.5) is 0 Å². The lowest BCUT2D eigenvalue weighted by Crippen LogP contribution is -2.56. The Kier molecular flexibility index (Phi) is 4.73. The number of nitrogens with zero attached hydrogens (tertiary/aromatic N) is 2. The van der Waals surface area contributed by atoms with E-state index in [1.807, 2.05) is 0 Å². The number of amides is 1. The van der Waals surface area contributed by atoms with Crippen molar-refractivity contribution in [2.24, 2.45) is 5.41 Å². The minimum absolute atomic E-state index is 0.0750. The van der Waals surface area contributed by atoms with Gasteiger partial charge in [0.15, 0.2) is 0 Å². The van der Waals surface area contributed by atoms with Gasteiger partial charge in [-0.1, -0.05) is 30.3 Å². The third-order valence-corrected chi connectivity index (χ3v) is 7.60. The summed E-state index contributed by atoms with van der Waals surface area (Å²) in [5.41, 5.74) is 1.56. The van der Waals surface area contributed by atoms with Crippen LogP contribution in [-0.4, -0.2) is 60.5 Å². The molecule has 146 valence electrons. The van der Waals surface area contributed by atoms with E-state index in [2.05, 4.69) is 45.4 Å². The molecule has 1 spiro atoms. The Balaban J connectivity index is 1.33. The minimum Gasteiger partial charge on any atom is -0.339 e. The van der Waals surface area contributed by atoms with Gasteiger partial charge in [0, 0.05) is 18.6 Å². The Hall–Kier alpha value is -1.39. The van der Waals surface area contributed by atoms with Crippen LogP contribution < -0.4 is 5.32 Å². The van der Waals surface area contributed by atoms with E-state index in [1.165, 1.54) is 70.3 Å². The normalized spacial score (nSPS) is 30.0. The van der Waals surface area contributed by atoms with E-state index in [0.29, 0.717) is 17.4 Å². The van der Waals surface area contributed by atoms with Crippen molar-refractivity contribution in [1.29, 1.82) is 0 Å². The monoisotopic (exact) mass is 367 g/mol. The summed E-state index contributed by atoms with van der Waals surface area (Å²) in [6.45, 7) is 5.80. The first-order chi connectivity index (χ1) is 13.2. The summed E-state index contributed by atoms with van der Waals surface area (Å²) in [5, 5.41) is 3.49. The number of hydrogen-bond donors (Lipinski definition) is 1. The number of piperidine rings is 3. The molecule has 1 amide bonds. The van der Waals surface area contributed by atoms with Gasteiger partial charge in [0.1, 0.15) is 0 Å². The number of benzene rings is 1. The zero-order valence-corrected chi connectivity index (χ0v) is 16.4. The van der Waals surface area contributed by atoms with Crippen LogP contribution in [0.1, 0.15) is 56.4 Å². The molecule has 1 saturated carbocycles. The molecule has 0 bridgehead atoms. The summed E-state index contributed by atoms with van der Waals surface area (Å²) in [6, 6.07) is 11.9. The molecule has 3 saturated heterocycles. The van der Waals surface area contributed by atoms with Crippen molar-refractivity contribution in [3.63, 3.8) is 0 Å². The fourth-order valence-electron chi connectivity index (χ4n) is 5.76. The Morgan fingerprint density at radius 1 is 0.926 bits per heavy atom. The summed E-state index contributed by atoms with van der Waals surface area (Å²) in [6.07, 6.45) is 8.60. The summed E-state index contributed by atoms with van der Waals surface area (Å²) < 4.78 is 0. The van der Waals surface area contributed by atoms with Gasteiger partial charge in [-0.15, -0.1) is 0 Å². The maximum Gasteiger partial charge on any atom is 0.230 e. The maximum absolute atomic E-state index is 13.3. The average Bonchev–Trinajstić information content (AvgIpc) is 3.57. The highest BCUT2D eigenvalue weighted by molar-refractivity contribution is 5.85. The number of likely N-dealkylation sites (tertiary alicyclic amines) is 2. The third-order valence-electron chi connectivity index (χ3n) is 7.60. The molecule has 0 aromatic heterocycles. The molecule has 4 heteroatoms. The van der Waals surface area contributed by atoms with Gasteiger partial charge in [0.2, 0.25) is 5.91 Å². The largest absolute Gasteiger partial charge is 0.339 e. The van der Waals surface area contributed by atoms with Crippen LogP contribution in [0, 0.1) is 5.41 Å². The van der Waals surface area contributed by atoms with E-state index in [1.54, 1.807) is 0 Å². The van der Waals surface area contributed by atoms with Crippen LogP contribution in [0.25, 0.3) is 0 Å². The summed E-state index contributed by atoms with van der Waals surface area (Å²) in [5.74, 6) is 0.473. The van der Waals surface area contributed by atoms with Crippen molar-refractivity contribution < 1.29 is 4.79 Å². The highest BCUT2D eigenvalue weighted by Gasteiger charge is 2.49. The van der Waals surface area contributed by atoms with Gasteiger partial charge < -0.3 is 15.1 Å². The quantitative estimate of drug-likeness (QED) is 0.892. The van der Waals surface area contributed by atoms with Crippen LogP contribution in [0.5, 0.6) is 0 Å². The topological polar surface area (TPSA) is 35.6 Å². The van der Waals surface area contributed by atoms with Crippen LogP contribution in [0.3, 0.4) is 0 Å². The molecule has 3 aliphatic heterocycles. The first-order valence-corrected chi connectivity index (χ1v) is 11.0. The van der Waals surface area contributed by atoms with Crippen molar-refractivity contribution in [1.82, 2.24) is 15.1 Å². The number of carbonyl (C=O) groups is 1. The molecule has 1 aliphatic carbocycles. The fourth-order valence-corrected chi connectivity index (χ4v) is 5.76. The predicted octanol–water partition coefficient (Wildman–Crippen LogP) is 3.00. The molecule has 3 heterocycles. The van der Waals surface area contributed by atoms with Crippen molar-refractivity contribution >= 4 is 5.91 Å². The molecule has 1 aromatic rings. The highest BCUT2D eigenvalue weighted by Crippen LogP contribution is 2.48. The minimum atomic E-state index is 0.0750. The molecule has 1 atom stereocenters. The Bertz CT molecular complexity index is 657. The maximum atomic E-state index is 13.3. The van der Waals surface area contributed by atoms with E-state index in [-0.39, 0.29) is 5.92 Å². The summed E-state index contributed by atoms with van der Waals surface area (Å²) >= 11 is 0. The smallest absolute Gasteiger partial charge is 0.230 e. The van der Waals surface area contributed by atoms with Crippen molar-refractivity contribution in [3.05, 3.63) is 35.9 Å². The van der Waals surface area contributed by atoms with Gasteiger partial charge in [0.05, 0.1) is 5.92 Å². The van der Waals surface area contributed by atoms with Gasteiger partial charge in [-0.3, -0.25) is 4.79 Å². The molecule has 0 unspecified atom stereocenters. The molecule has 4 fully saturated rings. The SMILES string of the molecule is O=C1[C@@H](c2ccccc2)CC2(CCN(C3CCNCC3)CC2)CN1C1CC1. The average molecular weight is 368 g/mol. The van der Waals surface area contributed by atoms with E-state index in [0.717, 1.165) is 19.0 Å². The van der Waals surface area contributed by atoms with Crippen molar-refractivity contribution in [2.45, 2.75) is 62.9 Å². The second kappa shape index (κ2) is 7.21. The summed E-state index contributed by atoms with van der Waals surface area (Å²) in [4.78, 5) is 18.3. The number of hydrogen-bond acceptors (Lipinski definition) is 3. The van der Waals surface area contributed by atoms with Crippen LogP contribution in [0.2, 0.25) is 0 Å². The van der Waals surface area contributed by atoms with Gasteiger partial charge in [-0.05, 0) is 82.1 Å². The van der Waals surface area contributed by atoms with Crippen LogP contribution in [0.15, 0.2) is 30.3 Å². The first kappa shape index (κ1) is 17.7. The lowest BCUT2D eigenvalue weighted by Gasteiger charge is -2.51. The van der Waals surface area contributed by atoms with E-state index in [9.17, 15) is 4.79 Å². The molecule has 5 rings (SSSR count). The lowest BCUT2D eigenvalue weighted by atomic mass is 9.67. The molecule has 27 heavy (non-hydrogen) atoms. The Morgan fingerprint density at radius 2 is 1.63 bits per heavy atom. The fraction of sp³-hybridized carbons (Fsp3) is 0.696. The van der Waals surface area contributed by atoms with E-state index in [4.69, 9.17) is 0 Å². The lowest BCUT2D eigenvalue weighted by molar-refractivity contribution is -0.142. The first-order valence-electron chi connectivity index (χ1n) is 11.0. The zero-order chi connectivity index (χ0) is 18.3. The predicted molar refractivity (Wildman–Crippen MR) is 108 cm³/mol. The molecule has 1 N–H and O–H groups in total. The Labute approximate surface area is 163 Å². The van der Waals surface area contributed by atoms with Crippen LogP contribution in [-0.2, 0) is 4.79 Å². The highest BCUT2D eigenvalue weighted by atomic mass is 16.2. The summed E-state index contributed by atoms with van der Waals surface area (Å²) in [7, 11) is 0. The number of carbonyl (C=O) groups excluding carboxylic acids is 1. The van der Waals surface area contributed by atoms with E-state index >= 15 is 0 Å². The molecule has 1 aromatic carbocycles. The second-order valence-electron chi connectivity index (χ2n) is 9.38. The molecular weight excluding hydrogens is 334 g/mol. The van der Waals surface area contributed by atoms with E-state index < -0.39 is 0 Å². The van der Waals surface area contributed by atoms with Crippen LogP contribution >= 0.6 is 0 Å². The Morgan fingerprint density at radius 3 is 2.30 bits per heavy atom. The van der Waals surface area contributed by atoms with Gasteiger partial charge in [-0.25, -0.2) is 0 Å². The standard InChI is InChI=1S/C23H33N3O/c27-22-21(18-4-2-1-3-5-18)16-23(17-26(22)20-6-7-20)10-14-25(15-11-23)19-8-12-24-13-9-19/h1-5,19-21,24H,6-17H2/t21-/m1/s1. The molecule has 0 radical (unpaired) electrons. The second-order valence-corrected chi connectivity index (χ2v) is 9.38.